The molecule has 0 bridgehead atoms. The average molecular weight is 309 g/mol. The quantitative estimate of drug-likeness (QED) is 0.897. The smallest absolute Gasteiger partial charge is 0.407 e. The second-order valence-corrected chi connectivity index (χ2v) is 6.14. The number of benzene rings is 1. The highest BCUT2D eigenvalue weighted by molar-refractivity contribution is 5.67. The minimum atomic E-state index is -0.389. The van der Waals surface area contributed by atoms with E-state index in [0.29, 0.717) is 12.5 Å². The fourth-order valence-electron chi connectivity index (χ4n) is 1.83. The van der Waals surface area contributed by atoms with E-state index in [0.717, 1.165) is 5.75 Å². The zero-order chi connectivity index (χ0) is 16.6. The Hall–Kier alpha value is -1.75. The summed E-state index contributed by atoms with van der Waals surface area (Å²) in [6.07, 6.45) is 2.17. The van der Waals surface area contributed by atoms with Crippen LogP contribution in [-0.2, 0) is 4.74 Å². The fraction of sp³-hybridized carbons (Fsp3) is 0.588. The van der Waals surface area contributed by atoms with Crippen molar-refractivity contribution in [1.82, 2.24) is 5.32 Å². The number of nitrogens with one attached hydrogen (secondary N) is 1. The summed E-state index contributed by atoms with van der Waals surface area (Å²) in [6.45, 7) is 5.94. The van der Waals surface area contributed by atoms with Crippen LogP contribution in [0.4, 0.5) is 4.79 Å². The van der Waals surface area contributed by atoms with Crippen molar-refractivity contribution in [1.29, 1.82) is 0 Å². The lowest BCUT2D eigenvalue weighted by atomic mass is 10.1. The van der Waals surface area contributed by atoms with E-state index >= 15 is 0 Å². The molecule has 124 valence electrons. The van der Waals surface area contributed by atoms with Gasteiger partial charge in [-0.3, -0.25) is 0 Å². The highest BCUT2D eigenvalue weighted by atomic mass is 16.6. The van der Waals surface area contributed by atoms with Gasteiger partial charge in [0.05, 0.1) is 6.61 Å². The van der Waals surface area contributed by atoms with E-state index in [-0.39, 0.29) is 18.3 Å². The Morgan fingerprint density at radius 1 is 1.32 bits per heavy atom. The van der Waals surface area contributed by atoms with Gasteiger partial charge in [0.25, 0.3) is 0 Å². The molecule has 0 radical (unpaired) electrons. The van der Waals surface area contributed by atoms with Crippen molar-refractivity contribution in [2.24, 2.45) is 0 Å². The maximum atomic E-state index is 10.5. The first-order chi connectivity index (χ1) is 10.4. The highest BCUT2D eigenvalue weighted by Gasteiger charge is 2.26. The van der Waals surface area contributed by atoms with Crippen LogP contribution in [0.3, 0.4) is 0 Å². The van der Waals surface area contributed by atoms with E-state index in [2.05, 4.69) is 11.4 Å². The Balaban J connectivity index is 0.000000239. The molecule has 1 fully saturated rings. The van der Waals surface area contributed by atoms with Gasteiger partial charge in [-0.15, -0.1) is 0 Å². The fourth-order valence-corrected chi connectivity index (χ4v) is 1.83. The molecule has 0 atom stereocenters. The molecular weight excluding hydrogens is 282 g/mol. The number of carbonyl (C=O) groups excluding carboxylic acids is 1. The van der Waals surface area contributed by atoms with Gasteiger partial charge in [0, 0.05) is 7.05 Å². The van der Waals surface area contributed by atoms with Crippen LogP contribution in [0.5, 0.6) is 5.75 Å². The molecule has 1 saturated carbocycles. The minimum absolute atomic E-state index is 0.0823. The molecule has 0 heterocycles. The van der Waals surface area contributed by atoms with Crippen LogP contribution < -0.4 is 10.1 Å². The summed E-state index contributed by atoms with van der Waals surface area (Å²) in [5.41, 5.74) is 0.913. The Morgan fingerprint density at radius 3 is 2.41 bits per heavy atom. The number of carbonyl (C=O) groups is 1. The number of aliphatic hydroxyl groups excluding tert-OH is 1. The summed E-state index contributed by atoms with van der Waals surface area (Å²) in [6, 6.07) is 8.10. The third-order valence-electron chi connectivity index (χ3n) is 2.89. The van der Waals surface area contributed by atoms with E-state index in [9.17, 15) is 4.79 Å². The van der Waals surface area contributed by atoms with Crippen molar-refractivity contribution in [2.75, 3.05) is 20.3 Å². The van der Waals surface area contributed by atoms with Gasteiger partial charge < -0.3 is 19.9 Å². The predicted octanol–water partition coefficient (Wildman–Crippen LogP) is 3.08. The van der Waals surface area contributed by atoms with Gasteiger partial charge in [-0.05, 0) is 51.2 Å². The first kappa shape index (κ1) is 18.3. The molecule has 0 saturated heterocycles. The predicted molar refractivity (Wildman–Crippen MR) is 86.3 cm³/mol. The van der Waals surface area contributed by atoms with E-state index in [1.54, 1.807) is 0 Å². The van der Waals surface area contributed by atoms with Crippen molar-refractivity contribution < 1.29 is 19.4 Å². The van der Waals surface area contributed by atoms with Crippen molar-refractivity contribution >= 4 is 6.09 Å². The molecule has 5 nitrogen and oxygen atoms in total. The molecule has 1 aliphatic carbocycles. The molecule has 1 aliphatic rings. The van der Waals surface area contributed by atoms with Crippen molar-refractivity contribution in [2.45, 2.75) is 45.1 Å². The first-order valence-electron chi connectivity index (χ1n) is 7.60. The summed E-state index contributed by atoms with van der Waals surface area (Å²) in [5, 5.41) is 11.0. The number of aliphatic hydroxyl groups is 1. The van der Waals surface area contributed by atoms with Crippen molar-refractivity contribution in [3.63, 3.8) is 0 Å². The summed E-state index contributed by atoms with van der Waals surface area (Å²) in [5.74, 6) is 1.65. The molecule has 1 amide bonds. The summed E-state index contributed by atoms with van der Waals surface area (Å²) in [7, 11) is 1.54. The molecule has 0 aromatic heterocycles. The van der Waals surface area contributed by atoms with Gasteiger partial charge >= 0.3 is 6.09 Å². The molecule has 0 unspecified atom stereocenters. The largest absolute Gasteiger partial charge is 0.491 e. The molecule has 0 aliphatic heterocycles. The summed E-state index contributed by atoms with van der Waals surface area (Å²) in [4.78, 5) is 10.5. The van der Waals surface area contributed by atoms with Crippen LogP contribution in [0.2, 0.25) is 0 Å². The molecule has 2 N–H and O–H groups in total. The van der Waals surface area contributed by atoms with Gasteiger partial charge in [0.15, 0.2) is 0 Å². The van der Waals surface area contributed by atoms with E-state index < -0.39 is 0 Å². The Labute approximate surface area is 132 Å². The van der Waals surface area contributed by atoms with Crippen LogP contribution in [-0.4, -0.2) is 37.1 Å². The van der Waals surface area contributed by atoms with Gasteiger partial charge in [-0.25, -0.2) is 4.79 Å². The van der Waals surface area contributed by atoms with Gasteiger partial charge in [0.1, 0.15) is 18.0 Å². The molecule has 2 rings (SSSR count). The number of para-hydroxylation sites is 1. The van der Waals surface area contributed by atoms with Crippen LogP contribution >= 0.6 is 0 Å². The number of alkyl carbamates (subject to hydrolysis) is 1. The Kier molecular flexibility index (Phi) is 7.18. The van der Waals surface area contributed by atoms with Crippen molar-refractivity contribution in [3.05, 3.63) is 29.8 Å². The van der Waals surface area contributed by atoms with Crippen molar-refractivity contribution in [3.8, 4) is 5.75 Å². The van der Waals surface area contributed by atoms with Crippen LogP contribution in [0.1, 0.15) is 45.1 Å². The van der Waals surface area contributed by atoms with Gasteiger partial charge in [-0.2, -0.15) is 0 Å². The maximum Gasteiger partial charge on any atom is 0.407 e. The molecule has 5 heteroatoms. The monoisotopic (exact) mass is 309 g/mol. The lowest BCUT2D eigenvalue weighted by Gasteiger charge is -2.18. The standard InChI is InChI=1S/C11H14O2.C6H13NO2/c12-7-8-13-11-4-2-1-3-10(11)9-5-6-9;1-6(2,3)9-5(8)7-4/h1-4,9,12H,5-8H2;1-4H3,(H,7,8). The lowest BCUT2D eigenvalue weighted by Crippen LogP contribution is -2.30. The van der Waals surface area contributed by atoms with Crippen LogP contribution in [0, 0.1) is 0 Å². The molecule has 1 aromatic carbocycles. The zero-order valence-electron chi connectivity index (χ0n) is 13.9. The van der Waals surface area contributed by atoms with Crippen LogP contribution in [0.25, 0.3) is 0 Å². The molecule has 0 spiro atoms. The SMILES string of the molecule is CNC(=O)OC(C)(C)C.OCCOc1ccccc1C1CC1. The van der Waals surface area contributed by atoms with Gasteiger partial charge in [-0.1, -0.05) is 18.2 Å². The maximum absolute atomic E-state index is 10.5. The Bertz CT molecular complexity index is 464. The summed E-state index contributed by atoms with van der Waals surface area (Å²) < 4.78 is 10.3. The number of hydrogen-bond donors (Lipinski definition) is 2. The lowest BCUT2D eigenvalue weighted by molar-refractivity contribution is 0.0541. The zero-order valence-corrected chi connectivity index (χ0v) is 13.9. The second kappa shape index (κ2) is 8.63. The third-order valence-corrected chi connectivity index (χ3v) is 2.89. The number of amides is 1. The molecule has 22 heavy (non-hydrogen) atoms. The topological polar surface area (TPSA) is 67.8 Å². The first-order valence-corrected chi connectivity index (χ1v) is 7.60. The number of hydrogen-bond acceptors (Lipinski definition) is 4. The van der Waals surface area contributed by atoms with E-state index in [1.165, 1.54) is 25.5 Å². The van der Waals surface area contributed by atoms with E-state index in [1.807, 2.05) is 39.0 Å². The highest BCUT2D eigenvalue weighted by Crippen LogP contribution is 2.44. The van der Waals surface area contributed by atoms with Crippen LogP contribution in [0.15, 0.2) is 24.3 Å². The average Bonchev–Trinajstić information content (AvgIpc) is 3.29. The van der Waals surface area contributed by atoms with Gasteiger partial charge in [0.2, 0.25) is 0 Å². The Morgan fingerprint density at radius 2 is 1.95 bits per heavy atom. The third kappa shape index (κ3) is 7.31. The second-order valence-electron chi connectivity index (χ2n) is 6.14. The number of rotatable bonds is 4. The minimum Gasteiger partial charge on any atom is -0.491 e. The van der Waals surface area contributed by atoms with E-state index in [4.69, 9.17) is 14.6 Å². The summed E-state index contributed by atoms with van der Waals surface area (Å²) >= 11 is 0. The number of ether oxygens (including phenoxy) is 2. The molecular formula is C17H27NO4. The molecule has 1 aromatic rings. The normalized spacial score (nSPS) is 13.7.